The minimum Gasteiger partial charge on any atom is -0.424 e. The molecule has 0 atom stereocenters. The number of fused-ring (bicyclic) bond motifs is 2. The van der Waals surface area contributed by atoms with E-state index in [4.69, 9.17) is 15.9 Å². The van der Waals surface area contributed by atoms with Crippen LogP contribution < -0.4 is 11.5 Å². The van der Waals surface area contributed by atoms with Crippen molar-refractivity contribution in [2.75, 3.05) is 11.5 Å². The minimum absolute atomic E-state index is 0.162. The van der Waals surface area contributed by atoms with Gasteiger partial charge in [-0.3, -0.25) is 0 Å². The van der Waals surface area contributed by atoms with Gasteiger partial charge in [-0.1, -0.05) is 0 Å². The Balaban J connectivity index is 1.95. The second-order valence-electron chi connectivity index (χ2n) is 5.50. The van der Waals surface area contributed by atoms with Gasteiger partial charge in [-0.05, 0) is 37.0 Å². The van der Waals surface area contributed by atoms with Crippen molar-refractivity contribution < 1.29 is 8.99 Å². The fourth-order valence-electron chi connectivity index (χ4n) is 2.85. The Kier molecular flexibility index (Phi) is 2.47. The number of nitrogens with two attached hydrogens (primary N) is 2. The van der Waals surface area contributed by atoms with Crippen LogP contribution in [0.2, 0.25) is 0 Å². The lowest BCUT2D eigenvalue weighted by Crippen LogP contribution is -2.36. The second kappa shape index (κ2) is 4.27. The number of hydrogen-bond acceptors (Lipinski definition) is 6. The first kappa shape index (κ1) is 12.8. The van der Waals surface area contributed by atoms with Crippen molar-refractivity contribution in [3.05, 3.63) is 35.7 Å². The molecule has 0 unspecified atom stereocenters. The summed E-state index contributed by atoms with van der Waals surface area (Å²) in [6.45, 7) is 4.21. The fraction of sp³-hybridized carbons (Fsp3) is 0.200. The van der Waals surface area contributed by atoms with Crippen LogP contribution in [0.5, 0.6) is 0 Å². The largest absolute Gasteiger partial charge is 0.424 e. The summed E-state index contributed by atoms with van der Waals surface area (Å²) < 4.78 is 7.55. The van der Waals surface area contributed by atoms with Crippen LogP contribution in [0.1, 0.15) is 25.0 Å². The van der Waals surface area contributed by atoms with E-state index in [9.17, 15) is 0 Å². The number of hydrogen-bond donors (Lipinski definition) is 2. The number of anilines is 2. The molecule has 0 saturated carbocycles. The molecule has 3 heterocycles. The topological polar surface area (TPSA) is 107 Å². The SMILES string of the molecule is CC(C)[N+]1=C(c2ccc3nc(N)oc3c2)c2c(N)ncnc21. The molecule has 4 rings (SSSR count). The van der Waals surface area contributed by atoms with Gasteiger partial charge in [0.15, 0.2) is 16.9 Å². The van der Waals surface area contributed by atoms with Crippen molar-refractivity contribution in [1.29, 1.82) is 0 Å². The Bertz CT molecular complexity index is 940. The van der Waals surface area contributed by atoms with E-state index >= 15 is 0 Å². The summed E-state index contributed by atoms with van der Waals surface area (Å²) in [5.41, 5.74) is 15.9. The van der Waals surface area contributed by atoms with Crippen molar-refractivity contribution in [1.82, 2.24) is 15.0 Å². The van der Waals surface area contributed by atoms with Gasteiger partial charge in [-0.15, -0.1) is 0 Å². The predicted molar refractivity (Wildman–Crippen MR) is 83.1 cm³/mol. The van der Waals surface area contributed by atoms with E-state index in [1.165, 1.54) is 6.33 Å². The van der Waals surface area contributed by atoms with Crippen LogP contribution in [0.25, 0.3) is 11.1 Å². The van der Waals surface area contributed by atoms with Gasteiger partial charge in [0.25, 0.3) is 6.01 Å². The predicted octanol–water partition coefficient (Wildman–Crippen LogP) is 1.69. The quantitative estimate of drug-likeness (QED) is 0.697. The lowest BCUT2D eigenvalue weighted by Gasteiger charge is -2.24. The number of nitrogen functional groups attached to an aromatic ring is 2. The lowest BCUT2D eigenvalue weighted by atomic mass is 9.95. The van der Waals surface area contributed by atoms with Crippen LogP contribution >= 0.6 is 0 Å². The van der Waals surface area contributed by atoms with Gasteiger partial charge in [-0.25, -0.2) is 4.58 Å². The molecule has 4 N–H and O–H groups in total. The molecule has 0 aliphatic carbocycles. The number of nitrogens with zero attached hydrogens (tertiary/aromatic N) is 4. The molecule has 7 nitrogen and oxygen atoms in total. The normalized spacial score (nSPS) is 13.6. The molecule has 0 fully saturated rings. The first-order valence-corrected chi connectivity index (χ1v) is 6.99. The molecule has 1 aliphatic rings. The maximum atomic E-state index is 6.02. The maximum absolute atomic E-state index is 6.02. The average molecular weight is 295 g/mol. The third-order valence-electron chi connectivity index (χ3n) is 3.76. The third-order valence-corrected chi connectivity index (χ3v) is 3.76. The molecule has 0 saturated heterocycles. The third kappa shape index (κ3) is 1.62. The summed E-state index contributed by atoms with van der Waals surface area (Å²) in [7, 11) is 0. The first-order chi connectivity index (χ1) is 10.6. The molecule has 0 radical (unpaired) electrons. The van der Waals surface area contributed by atoms with E-state index < -0.39 is 0 Å². The van der Waals surface area contributed by atoms with E-state index in [-0.39, 0.29) is 12.1 Å². The highest BCUT2D eigenvalue weighted by molar-refractivity contribution is 6.19. The highest BCUT2D eigenvalue weighted by Gasteiger charge is 2.40. The molecule has 3 aromatic rings. The number of aromatic nitrogens is 3. The molecule has 7 heteroatoms. The van der Waals surface area contributed by atoms with Crippen molar-refractivity contribution in [3.8, 4) is 0 Å². The Labute approximate surface area is 126 Å². The minimum atomic E-state index is 0.162. The molecule has 2 aromatic heterocycles. The average Bonchev–Trinajstić information content (AvgIpc) is 2.79. The van der Waals surface area contributed by atoms with Gasteiger partial charge in [0.05, 0.1) is 6.04 Å². The lowest BCUT2D eigenvalue weighted by molar-refractivity contribution is -0.490. The molecule has 0 amide bonds. The number of benzene rings is 1. The van der Waals surface area contributed by atoms with Crippen molar-refractivity contribution >= 4 is 34.5 Å². The van der Waals surface area contributed by atoms with E-state index in [1.807, 2.05) is 18.2 Å². The summed E-state index contributed by atoms with van der Waals surface area (Å²) >= 11 is 0. The van der Waals surface area contributed by atoms with Gasteiger partial charge in [-0.2, -0.15) is 9.97 Å². The zero-order valence-corrected chi connectivity index (χ0v) is 12.2. The molecule has 110 valence electrons. The number of rotatable bonds is 2. The van der Waals surface area contributed by atoms with Crippen molar-refractivity contribution in [3.63, 3.8) is 0 Å². The van der Waals surface area contributed by atoms with Gasteiger partial charge in [0, 0.05) is 5.56 Å². The van der Waals surface area contributed by atoms with E-state index in [2.05, 4.69) is 33.4 Å². The molecular weight excluding hydrogens is 280 g/mol. The summed E-state index contributed by atoms with van der Waals surface area (Å²) in [5, 5.41) is 0. The zero-order valence-electron chi connectivity index (χ0n) is 12.2. The molecular formula is C15H15N6O+. The van der Waals surface area contributed by atoms with Crippen molar-refractivity contribution in [2.24, 2.45) is 0 Å². The summed E-state index contributed by atoms with van der Waals surface area (Å²) in [6, 6.07) is 6.19. The van der Waals surface area contributed by atoms with Gasteiger partial charge in [0.2, 0.25) is 6.33 Å². The van der Waals surface area contributed by atoms with E-state index in [0.29, 0.717) is 11.4 Å². The molecule has 0 spiro atoms. The smallest absolute Gasteiger partial charge is 0.341 e. The molecule has 22 heavy (non-hydrogen) atoms. The van der Waals surface area contributed by atoms with Gasteiger partial charge >= 0.3 is 5.82 Å². The second-order valence-corrected chi connectivity index (χ2v) is 5.50. The number of oxazole rings is 1. The van der Waals surface area contributed by atoms with Gasteiger partial charge in [0.1, 0.15) is 11.3 Å². The van der Waals surface area contributed by atoms with E-state index in [1.54, 1.807) is 0 Å². The maximum Gasteiger partial charge on any atom is 0.341 e. The van der Waals surface area contributed by atoms with Gasteiger partial charge < -0.3 is 15.9 Å². The summed E-state index contributed by atoms with van der Waals surface area (Å²) in [6.07, 6.45) is 1.49. The summed E-state index contributed by atoms with van der Waals surface area (Å²) in [4.78, 5) is 12.5. The summed E-state index contributed by atoms with van der Waals surface area (Å²) in [5.74, 6) is 1.34. The fourth-order valence-corrected chi connectivity index (χ4v) is 2.85. The van der Waals surface area contributed by atoms with Crippen LogP contribution in [-0.2, 0) is 0 Å². The monoisotopic (exact) mass is 295 g/mol. The van der Waals surface area contributed by atoms with Crippen LogP contribution in [0.3, 0.4) is 0 Å². The Hall–Kier alpha value is -2.96. The Morgan fingerprint density at radius 2 is 2.00 bits per heavy atom. The van der Waals surface area contributed by atoms with Crippen LogP contribution in [0.15, 0.2) is 28.9 Å². The Morgan fingerprint density at radius 3 is 2.77 bits per heavy atom. The van der Waals surface area contributed by atoms with E-state index in [0.717, 1.165) is 28.2 Å². The van der Waals surface area contributed by atoms with Crippen molar-refractivity contribution in [2.45, 2.75) is 19.9 Å². The molecule has 1 aliphatic heterocycles. The highest BCUT2D eigenvalue weighted by atomic mass is 16.4. The van der Waals surface area contributed by atoms with Crippen LogP contribution in [-0.4, -0.2) is 31.3 Å². The highest BCUT2D eigenvalue weighted by Crippen LogP contribution is 2.35. The Morgan fingerprint density at radius 1 is 1.18 bits per heavy atom. The molecule has 1 aromatic carbocycles. The zero-order chi connectivity index (χ0) is 15.4. The van der Waals surface area contributed by atoms with Crippen LogP contribution in [0, 0.1) is 0 Å². The van der Waals surface area contributed by atoms with Crippen LogP contribution in [0.4, 0.5) is 17.7 Å². The first-order valence-electron chi connectivity index (χ1n) is 6.99. The molecule has 0 bridgehead atoms. The standard InChI is InChI=1S/C15H14N6O/c1-7(2)21-12(11-13(16)18-6-19-14(11)21)8-3-4-9-10(5-8)22-15(17)20-9/h3-7H,1-2H3,(H3,16,17,18,19,20)/p+1.